The van der Waals surface area contributed by atoms with Crippen molar-refractivity contribution < 1.29 is 0 Å². The number of hydrogen-bond acceptors (Lipinski definition) is 1. The fraction of sp³-hybridized carbons (Fsp3) is 0. The second-order valence-corrected chi connectivity index (χ2v) is 17.2. The van der Waals surface area contributed by atoms with Gasteiger partial charge in [-0.15, -0.1) is 0 Å². The van der Waals surface area contributed by atoms with Crippen molar-refractivity contribution in [1.82, 2.24) is 4.57 Å². The van der Waals surface area contributed by atoms with Crippen LogP contribution in [0.25, 0.3) is 104 Å². The van der Waals surface area contributed by atoms with Gasteiger partial charge in [-0.05, 0) is 121 Å². The van der Waals surface area contributed by atoms with Crippen LogP contribution in [0.2, 0.25) is 0 Å². The topological polar surface area (TPSA) is 8.17 Å². The standard InChI is InChI=1S/C64H42N2/c1-3-14-43(15-4-1)49-18-13-19-50(42-49)44-26-34-51(35-27-44)65(52-36-28-46(29-37-52)54-21-8-7-20-53(54)45-16-5-2-6-17-45)61-40-32-47-31-39-58-62(41-33-48-30-38-57(61)63(47)64(48)58)66-59-24-11-9-22-55(59)56-23-10-12-25-60(56)66/h1-42H. The molecule has 308 valence electrons. The van der Waals surface area contributed by atoms with Gasteiger partial charge in [0.15, 0.2) is 0 Å². The Bertz CT molecular complexity index is 3850. The molecule has 0 atom stereocenters. The molecule has 2 nitrogen and oxygen atoms in total. The first-order valence-corrected chi connectivity index (χ1v) is 22.8. The number of benzene rings is 12. The van der Waals surface area contributed by atoms with Crippen LogP contribution in [-0.2, 0) is 0 Å². The molecule has 0 saturated carbocycles. The van der Waals surface area contributed by atoms with Gasteiger partial charge in [0.2, 0.25) is 0 Å². The van der Waals surface area contributed by atoms with E-state index in [0.717, 1.165) is 17.1 Å². The summed E-state index contributed by atoms with van der Waals surface area (Å²) in [6, 6.07) is 93.2. The zero-order valence-electron chi connectivity index (χ0n) is 36.1. The van der Waals surface area contributed by atoms with Crippen LogP contribution in [0, 0.1) is 0 Å². The Morgan fingerprint density at radius 2 is 0.712 bits per heavy atom. The van der Waals surface area contributed by atoms with Crippen LogP contribution in [0.15, 0.2) is 255 Å². The molecule has 0 unspecified atom stereocenters. The molecule has 0 fully saturated rings. The van der Waals surface area contributed by atoms with Gasteiger partial charge in [0, 0.05) is 32.9 Å². The second kappa shape index (κ2) is 15.5. The highest BCUT2D eigenvalue weighted by Crippen LogP contribution is 2.46. The van der Waals surface area contributed by atoms with E-state index in [1.165, 1.54) is 104 Å². The Morgan fingerprint density at radius 3 is 1.33 bits per heavy atom. The van der Waals surface area contributed by atoms with E-state index in [4.69, 9.17) is 0 Å². The number of fused-ring (bicyclic) bond motifs is 3. The molecule has 0 aliphatic rings. The monoisotopic (exact) mass is 838 g/mol. The summed E-state index contributed by atoms with van der Waals surface area (Å²) < 4.78 is 2.46. The van der Waals surface area contributed by atoms with Gasteiger partial charge < -0.3 is 9.47 Å². The molecule has 0 spiro atoms. The normalized spacial score (nSPS) is 11.6. The molecule has 66 heavy (non-hydrogen) atoms. The average molecular weight is 839 g/mol. The number of hydrogen-bond donors (Lipinski definition) is 0. The van der Waals surface area contributed by atoms with Crippen molar-refractivity contribution in [3.05, 3.63) is 255 Å². The smallest absolute Gasteiger partial charge is 0.0541 e. The molecule has 1 aromatic heterocycles. The van der Waals surface area contributed by atoms with Crippen molar-refractivity contribution in [2.45, 2.75) is 0 Å². The molecule has 0 N–H and O–H groups in total. The lowest BCUT2D eigenvalue weighted by Crippen LogP contribution is -2.10. The van der Waals surface area contributed by atoms with E-state index in [2.05, 4.69) is 264 Å². The highest BCUT2D eigenvalue weighted by Gasteiger charge is 2.21. The van der Waals surface area contributed by atoms with Gasteiger partial charge in [-0.25, -0.2) is 0 Å². The summed E-state index contributed by atoms with van der Waals surface area (Å²) in [5.41, 5.74) is 16.6. The first-order valence-electron chi connectivity index (χ1n) is 22.8. The van der Waals surface area contributed by atoms with Gasteiger partial charge in [0.05, 0.1) is 22.4 Å². The molecule has 0 aliphatic heterocycles. The van der Waals surface area contributed by atoms with Gasteiger partial charge in [-0.3, -0.25) is 0 Å². The first kappa shape index (κ1) is 37.8. The second-order valence-electron chi connectivity index (χ2n) is 17.2. The minimum absolute atomic E-state index is 1.09. The van der Waals surface area contributed by atoms with Crippen LogP contribution in [-0.4, -0.2) is 4.57 Å². The summed E-state index contributed by atoms with van der Waals surface area (Å²) in [7, 11) is 0. The first-order chi connectivity index (χ1) is 32.7. The number of aromatic nitrogens is 1. The molecule has 0 aliphatic carbocycles. The van der Waals surface area contributed by atoms with Crippen molar-refractivity contribution in [2.75, 3.05) is 4.90 Å². The van der Waals surface area contributed by atoms with E-state index >= 15 is 0 Å². The minimum atomic E-state index is 1.09. The van der Waals surface area contributed by atoms with Gasteiger partial charge in [0.1, 0.15) is 0 Å². The molecule has 0 amide bonds. The summed E-state index contributed by atoms with van der Waals surface area (Å²) in [6.45, 7) is 0. The van der Waals surface area contributed by atoms with E-state index in [0.29, 0.717) is 0 Å². The lowest BCUT2D eigenvalue weighted by molar-refractivity contribution is 1.20. The van der Waals surface area contributed by atoms with Crippen molar-refractivity contribution in [1.29, 1.82) is 0 Å². The van der Waals surface area contributed by atoms with Crippen molar-refractivity contribution in [3.63, 3.8) is 0 Å². The maximum Gasteiger partial charge on any atom is 0.0541 e. The third kappa shape index (κ3) is 6.18. The molecular formula is C64H42N2. The summed E-state index contributed by atoms with van der Waals surface area (Å²) >= 11 is 0. The summed E-state index contributed by atoms with van der Waals surface area (Å²) in [5.74, 6) is 0. The highest BCUT2D eigenvalue weighted by atomic mass is 15.1. The van der Waals surface area contributed by atoms with E-state index in [1.54, 1.807) is 0 Å². The largest absolute Gasteiger partial charge is 0.310 e. The fourth-order valence-electron chi connectivity index (χ4n) is 10.5. The zero-order chi connectivity index (χ0) is 43.6. The Balaban J connectivity index is 0.987. The third-order valence-electron chi connectivity index (χ3n) is 13.6. The van der Waals surface area contributed by atoms with E-state index in [-0.39, 0.29) is 0 Å². The Kier molecular flexibility index (Phi) is 8.89. The molecular weight excluding hydrogens is 797 g/mol. The molecule has 2 heteroatoms. The molecule has 13 rings (SSSR count). The lowest BCUT2D eigenvalue weighted by atomic mass is 9.92. The Labute approximate surface area is 383 Å². The van der Waals surface area contributed by atoms with Gasteiger partial charge in [0.25, 0.3) is 0 Å². The van der Waals surface area contributed by atoms with E-state index in [1.807, 2.05) is 0 Å². The zero-order valence-corrected chi connectivity index (χ0v) is 36.1. The third-order valence-corrected chi connectivity index (χ3v) is 13.6. The summed E-state index contributed by atoms with van der Waals surface area (Å²) in [6.07, 6.45) is 0. The Hall–Kier alpha value is -8.72. The predicted molar refractivity (Wildman–Crippen MR) is 281 cm³/mol. The predicted octanol–water partition coefficient (Wildman–Crippen LogP) is 17.8. The maximum atomic E-state index is 2.46. The quantitative estimate of drug-likeness (QED) is 0.138. The lowest BCUT2D eigenvalue weighted by Gasteiger charge is -2.28. The number of anilines is 3. The van der Waals surface area contributed by atoms with E-state index < -0.39 is 0 Å². The fourth-order valence-corrected chi connectivity index (χ4v) is 10.5. The average Bonchev–Trinajstić information content (AvgIpc) is 3.73. The SMILES string of the molecule is c1ccc(-c2cccc(-c3ccc(N(c4ccc(-c5ccccc5-c5ccccc5)cc4)c4ccc5ccc6c(-n7c8ccccc8c8ccccc87)ccc7ccc4c5c76)cc3)c2)cc1. The highest BCUT2D eigenvalue weighted by molar-refractivity contribution is 6.27. The van der Waals surface area contributed by atoms with Crippen LogP contribution in [0.4, 0.5) is 17.1 Å². The van der Waals surface area contributed by atoms with Crippen LogP contribution < -0.4 is 4.90 Å². The summed E-state index contributed by atoms with van der Waals surface area (Å²) in [5, 5.41) is 10.0. The molecule has 12 aromatic carbocycles. The molecule has 0 saturated heterocycles. The Morgan fingerprint density at radius 1 is 0.273 bits per heavy atom. The van der Waals surface area contributed by atoms with Crippen molar-refractivity contribution >= 4 is 71.2 Å². The molecule has 0 bridgehead atoms. The van der Waals surface area contributed by atoms with Crippen molar-refractivity contribution in [2.24, 2.45) is 0 Å². The van der Waals surface area contributed by atoms with Gasteiger partial charge in [-0.1, -0.05) is 200 Å². The van der Waals surface area contributed by atoms with Crippen molar-refractivity contribution in [3.8, 4) is 50.2 Å². The number of nitrogens with zero attached hydrogens (tertiary/aromatic N) is 2. The van der Waals surface area contributed by atoms with Crippen LogP contribution in [0.1, 0.15) is 0 Å². The summed E-state index contributed by atoms with van der Waals surface area (Å²) in [4.78, 5) is 2.44. The van der Waals surface area contributed by atoms with Crippen LogP contribution in [0.3, 0.4) is 0 Å². The maximum absolute atomic E-state index is 2.46. The number of rotatable bonds is 8. The molecule has 0 radical (unpaired) electrons. The van der Waals surface area contributed by atoms with Gasteiger partial charge >= 0.3 is 0 Å². The molecule has 13 aromatic rings. The molecule has 1 heterocycles. The van der Waals surface area contributed by atoms with Gasteiger partial charge in [-0.2, -0.15) is 0 Å². The van der Waals surface area contributed by atoms with Crippen LogP contribution in [0.5, 0.6) is 0 Å². The minimum Gasteiger partial charge on any atom is -0.310 e. The number of para-hydroxylation sites is 2. The van der Waals surface area contributed by atoms with E-state index in [9.17, 15) is 0 Å². The van der Waals surface area contributed by atoms with Crippen LogP contribution >= 0.6 is 0 Å².